The van der Waals surface area contributed by atoms with Gasteiger partial charge in [-0.15, -0.1) is 0 Å². The molecule has 0 unspecified atom stereocenters. The van der Waals surface area contributed by atoms with Crippen molar-refractivity contribution in [2.24, 2.45) is 0 Å². The van der Waals surface area contributed by atoms with Crippen LogP contribution in [0.25, 0.3) is 0 Å². The van der Waals surface area contributed by atoms with E-state index in [4.69, 9.17) is 0 Å². The summed E-state index contributed by atoms with van der Waals surface area (Å²) in [5, 5.41) is 2.30. The number of hydrogen-bond donors (Lipinski definition) is 1. The maximum Gasteiger partial charge on any atom is 0.433 e. The number of aryl methyl sites for hydroxylation is 1. The topological polar surface area (TPSA) is 67.8 Å². The predicted molar refractivity (Wildman–Crippen MR) is 75.9 cm³/mol. The summed E-state index contributed by atoms with van der Waals surface area (Å²) < 4.78 is 39.6. The molecule has 0 saturated heterocycles. The number of nitrogens with one attached hydrogen (secondary N) is 1. The molecular formula is C15H13F3N4O. The Morgan fingerprint density at radius 3 is 2.61 bits per heavy atom. The van der Waals surface area contributed by atoms with E-state index in [9.17, 15) is 18.0 Å². The summed E-state index contributed by atoms with van der Waals surface area (Å²) in [6.45, 7) is 0. The molecule has 2 aromatic rings. The molecule has 1 aliphatic carbocycles. The molecule has 0 atom stereocenters. The predicted octanol–water partition coefficient (Wildman–Crippen LogP) is 3.02. The Hall–Kier alpha value is -2.51. The Morgan fingerprint density at radius 1 is 1.13 bits per heavy atom. The lowest BCUT2D eigenvalue weighted by atomic mass is 9.94. The van der Waals surface area contributed by atoms with E-state index in [0.29, 0.717) is 25.0 Å². The molecule has 0 saturated carbocycles. The molecule has 0 fully saturated rings. The summed E-state index contributed by atoms with van der Waals surface area (Å²) in [5.41, 5.74) is -0.379. The summed E-state index contributed by atoms with van der Waals surface area (Å²) in [4.78, 5) is 23.5. The number of nitrogens with zero attached hydrogens (tertiary/aromatic N) is 3. The summed E-state index contributed by atoms with van der Waals surface area (Å²) in [6, 6.07) is 4.70. The van der Waals surface area contributed by atoms with Gasteiger partial charge in [-0.2, -0.15) is 13.2 Å². The van der Waals surface area contributed by atoms with Gasteiger partial charge in [-0.05, 0) is 37.8 Å². The van der Waals surface area contributed by atoms with Crippen LogP contribution in [0, 0.1) is 0 Å². The van der Waals surface area contributed by atoms with Crippen molar-refractivity contribution in [2.45, 2.75) is 31.9 Å². The second-order valence-electron chi connectivity index (χ2n) is 5.20. The van der Waals surface area contributed by atoms with Crippen molar-refractivity contribution in [1.82, 2.24) is 15.0 Å². The Balaban J connectivity index is 1.95. The Morgan fingerprint density at radius 2 is 1.91 bits per heavy atom. The van der Waals surface area contributed by atoms with Gasteiger partial charge in [0.2, 0.25) is 5.95 Å². The quantitative estimate of drug-likeness (QED) is 0.923. The lowest BCUT2D eigenvalue weighted by Gasteiger charge is -2.20. The number of aromatic nitrogens is 3. The highest BCUT2D eigenvalue weighted by Gasteiger charge is 2.38. The maximum atomic E-state index is 13.2. The molecule has 0 radical (unpaired) electrons. The minimum Gasteiger partial charge on any atom is -0.289 e. The fourth-order valence-electron chi connectivity index (χ4n) is 2.55. The van der Waals surface area contributed by atoms with E-state index in [1.54, 1.807) is 12.1 Å². The molecule has 0 spiro atoms. The van der Waals surface area contributed by atoms with E-state index in [1.807, 2.05) is 0 Å². The molecule has 8 heteroatoms. The zero-order valence-corrected chi connectivity index (χ0v) is 12.0. The molecule has 1 N–H and O–H groups in total. The molecule has 1 aliphatic rings. The molecule has 0 bridgehead atoms. The summed E-state index contributed by atoms with van der Waals surface area (Å²) in [5.74, 6) is -0.983. The van der Waals surface area contributed by atoms with Crippen molar-refractivity contribution in [3.63, 3.8) is 0 Å². The molecule has 1 amide bonds. The van der Waals surface area contributed by atoms with Crippen LogP contribution in [-0.4, -0.2) is 20.9 Å². The zero-order chi connectivity index (χ0) is 16.4. The van der Waals surface area contributed by atoms with Crippen LogP contribution in [0.4, 0.5) is 19.1 Å². The third kappa shape index (κ3) is 3.30. The number of carbonyl (C=O) groups is 1. The zero-order valence-electron chi connectivity index (χ0n) is 12.0. The van der Waals surface area contributed by atoms with Crippen molar-refractivity contribution in [3.8, 4) is 0 Å². The standard InChI is InChI=1S/C15H13F3N4O/c16-15(17,18)12-9-5-1-2-6-10(9)20-14(21-12)22-13(23)11-7-3-4-8-19-11/h3-4,7-8H,1-2,5-6H2,(H,20,21,22,23). The minimum atomic E-state index is -4.57. The van der Waals surface area contributed by atoms with E-state index in [2.05, 4.69) is 20.3 Å². The maximum absolute atomic E-state index is 13.2. The number of rotatable bonds is 2. The number of hydrogen-bond acceptors (Lipinski definition) is 4. The monoisotopic (exact) mass is 322 g/mol. The normalized spacial score (nSPS) is 14.2. The number of carbonyl (C=O) groups excluding carboxylic acids is 1. The highest BCUT2D eigenvalue weighted by atomic mass is 19.4. The van der Waals surface area contributed by atoms with Gasteiger partial charge in [0.05, 0.1) is 0 Å². The third-order valence-electron chi connectivity index (χ3n) is 3.57. The van der Waals surface area contributed by atoms with Crippen LogP contribution in [0.2, 0.25) is 0 Å². The molecule has 0 aliphatic heterocycles. The van der Waals surface area contributed by atoms with Gasteiger partial charge >= 0.3 is 6.18 Å². The SMILES string of the molecule is O=C(Nc1nc2c(c(C(F)(F)F)n1)CCCC2)c1ccccn1. The van der Waals surface area contributed by atoms with Crippen molar-refractivity contribution >= 4 is 11.9 Å². The number of anilines is 1. The molecule has 5 nitrogen and oxygen atoms in total. The summed E-state index contributed by atoms with van der Waals surface area (Å²) in [6.07, 6.45) is -0.946. The first kappa shape index (κ1) is 15.4. The van der Waals surface area contributed by atoms with Crippen LogP contribution < -0.4 is 5.32 Å². The third-order valence-corrected chi connectivity index (χ3v) is 3.57. The molecule has 0 aromatic carbocycles. The Kier molecular flexibility index (Phi) is 3.97. The second kappa shape index (κ2) is 5.94. The van der Waals surface area contributed by atoms with Crippen molar-refractivity contribution in [3.05, 3.63) is 47.0 Å². The van der Waals surface area contributed by atoms with Crippen LogP contribution >= 0.6 is 0 Å². The molecule has 120 valence electrons. The van der Waals surface area contributed by atoms with E-state index in [-0.39, 0.29) is 17.2 Å². The van der Waals surface area contributed by atoms with Gasteiger partial charge in [0, 0.05) is 17.5 Å². The molecule has 2 heterocycles. The van der Waals surface area contributed by atoms with Crippen LogP contribution in [0.15, 0.2) is 24.4 Å². The van der Waals surface area contributed by atoms with Gasteiger partial charge in [0.1, 0.15) is 5.69 Å². The van der Waals surface area contributed by atoms with Crippen LogP contribution in [-0.2, 0) is 19.0 Å². The van der Waals surface area contributed by atoms with Crippen LogP contribution in [0.3, 0.4) is 0 Å². The van der Waals surface area contributed by atoms with Crippen molar-refractivity contribution in [2.75, 3.05) is 5.32 Å². The summed E-state index contributed by atoms with van der Waals surface area (Å²) in [7, 11) is 0. The van der Waals surface area contributed by atoms with Gasteiger partial charge < -0.3 is 0 Å². The van der Waals surface area contributed by atoms with Crippen molar-refractivity contribution < 1.29 is 18.0 Å². The second-order valence-corrected chi connectivity index (χ2v) is 5.20. The van der Waals surface area contributed by atoms with Crippen LogP contribution in [0.5, 0.6) is 0 Å². The van der Waals surface area contributed by atoms with Gasteiger partial charge in [0.15, 0.2) is 5.69 Å². The average molecular weight is 322 g/mol. The average Bonchev–Trinajstić information content (AvgIpc) is 2.54. The van der Waals surface area contributed by atoms with E-state index in [1.165, 1.54) is 12.3 Å². The number of alkyl halides is 3. The fourth-order valence-corrected chi connectivity index (χ4v) is 2.55. The van der Waals surface area contributed by atoms with E-state index >= 15 is 0 Å². The lowest BCUT2D eigenvalue weighted by molar-refractivity contribution is -0.142. The smallest absolute Gasteiger partial charge is 0.289 e. The Bertz CT molecular complexity index is 731. The molecular weight excluding hydrogens is 309 g/mol. The van der Waals surface area contributed by atoms with E-state index in [0.717, 1.165) is 6.42 Å². The first-order valence-electron chi connectivity index (χ1n) is 7.14. The summed E-state index contributed by atoms with van der Waals surface area (Å²) >= 11 is 0. The number of amides is 1. The molecule has 23 heavy (non-hydrogen) atoms. The largest absolute Gasteiger partial charge is 0.433 e. The number of pyridine rings is 1. The van der Waals surface area contributed by atoms with Gasteiger partial charge in [0.25, 0.3) is 5.91 Å². The van der Waals surface area contributed by atoms with Gasteiger partial charge in [-0.3, -0.25) is 15.1 Å². The highest BCUT2D eigenvalue weighted by molar-refractivity contribution is 6.01. The number of fused-ring (bicyclic) bond motifs is 1. The lowest BCUT2D eigenvalue weighted by Crippen LogP contribution is -2.22. The van der Waals surface area contributed by atoms with Gasteiger partial charge in [-0.1, -0.05) is 6.07 Å². The first-order valence-corrected chi connectivity index (χ1v) is 7.14. The minimum absolute atomic E-state index is 0.0855. The molecule has 3 rings (SSSR count). The molecule has 2 aromatic heterocycles. The van der Waals surface area contributed by atoms with Crippen molar-refractivity contribution in [1.29, 1.82) is 0 Å². The van der Waals surface area contributed by atoms with Gasteiger partial charge in [-0.25, -0.2) is 9.97 Å². The number of halogens is 3. The van der Waals surface area contributed by atoms with E-state index < -0.39 is 17.8 Å². The highest BCUT2D eigenvalue weighted by Crippen LogP contribution is 2.35. The fraction of sp³-hybridized carbons (Fsp3) is 0.333. The first-order chi connectivity index (χ1) is 10.9. The van der Waals surface area contributed by atoms with Crippen LogP contribution in [0.1, 0.15) is 40.3 Å². The Labute approximate surface area is 130 Å².